The number of hydrogen-bond acceptors (Lipinski definition) is 5. The van der Waals surface area contributed by atoms with E-state index in [1.54, 1.807) is 13.3 Å². The van der Waals surface area contributed by atoms with Crippen LogP contribution in [0.25, 0.3) is 11.2 Å². The van der Waals surface area contributed by atoms with E-state index in [1.807, 2.05) is 6.92 Å². The minimum absolute atomic E-state index is 0.0512. The first-order valence-corrected chi connectivity index (χ1v) is 8.26. The number of aromatic nitrogens is 4. The molecule has 2 heterocycles. The van der Waals surface area contributed by atoms with Crippen LogP contribution in [-0.4, -0.2) is 41.4 Å². The van der Waals surface area contributed by atoms with Crippen LogP contribution in [0.2, 0.25) is 0 Å². The quantitative estimate of drug-likeness (QED) is 0.777. The van der Waals surface area contributed by atoms with Gasteiger partial charge >= 0.3 is 5.69 Å². The Labute approximate surface area is 123 Å². The molecule has 2 aromatic rings. The zero-order chi connectivity index (χ0) is 15.7. The van der Waals surface area contributed by atoms with Crippen LogP contribution in [0.1, 0.15) is 13.3 Å². The van der Waals surface area contributed by atoms with Gasteiger partial charge < -0.3 is 10.3 Å². The highest BCUT2D eigenvalue weighted by Gasteiger charge is 2.14. The Balaban J connectivity index is 2.34. The molecule has 0 spiro atoms. The summed E-state index contributed by atoms with van der Waals surface area (Å²) >= 11 is 0. The lowest BCUT2D eigenvalue weighted by atomic mass is 10.3. The summed E-state index contributed by atoms with van der Waals surface area (Å²) in [6.07, 6.45) is 2.38. The van der Waals surface area contributed by atoms with Crippen molar-refractivity contribution in [3.05, 3.63) is 20.8 Å². The molecule has 2 aromatic heterocycles. The van der Waals surface area contributed by atoms with Crippen molar-refractivity contribution in [2.24, 2.45) is 14.1 Å². The molecule has 21 heavy (non-hydrogen) atoms. The molecule has 0 bridgehead atoms. The van der Waals surface area contributed by atoms with Gasteiger partial charge in [-0.15, -0.1) is 0 Å². The SMILES string of the molecule is CC(CCS(C)=O)Nc1nc2c([nH]1)c(=O)n(C)c(=O)n2C. The molecule has 0 aromatic carbocycles. The van der Waals surface area contributed by atoms with Crippen LogP contribution in [0.3, 0.4) is 0 Å². The van der Waals surface area contributed by atoms with Crippen LogP contribution in [0, 0.1) is 0 Å². The number of rotatable bonds is 5. The van der Waals surface area contributed by atoms with E-state index < -0.39 is 22.0 Å². The maximum atomic E-state index is 12.0. The van der Waals surface area contributed by atoms with Gasteiger partial charge in [-0.1, -0.05) is 0 Å². The lowest BCUT2D eigenvalue weighted by molar-refractivity contribution is 0.678. The largest absolute Gasteiger partial charge is 0.353 e. The van der Waals surface area contributed by atoms with Gasteiger partial charge in [-0.2, -0.15) is 4.98 Å². The first-order valence-electron chi connectivity index (χ1n) is 6.53. The van der Waals surface area contributed by atoms with Gasteiger partial charge in [0.15, 0.2) is 11.2 Å². The van der Waals surface area contributed by atoms with Gasteiger partial charge in [0.2, 0.25) is 5.95 Å². The Kier molecular flexibility index (Phi) is 4.31. The van der Waals surface area contributed by atoms with Gasteiger partial charge in [-0.3, -0.25) is 18.1 Å². The summed E-state index contributed by atoms with van der Waals surface area (Å²) in [5.41, 5.74) is -0.221. The fourth-order valence-corrected chi connectivity index (χ4v) is 2.73. The average Bonchev–Trinajstić information content (AvgIpc) is 2.84. The smallest absolute Gasteiger partial charge is 0.332 e. The molecule has 0 aliphatic heterocycles. The fourth-order valence-electron chi connectivity index (χ4n) is 2.04. The molecule has 0 fully saturated rings. The number of H-pyrrole nitrogens is 1. The molecule has 0 saturated carbocycles. The molecule has 2 N–H and O–H groups in total. The Bertz CT molecular complexity index is 804. The number of nitrogens with one attached hydrogen (secondary N) is 2. The van der Waals surface area contributed by atoms with Gasteiger partial charge in [0.1, 0.15) is 0 Å². The summed E-state index contributed by atoms with van der Waals surface area (Å²) in [5.74, 6) is 1.02. The average molecular weight is 313 g/mol. The van der Waals surface area contributed by atoms with Crippen molar-refractivity contribution in [3.63, 3.8) is 0 Å². The lowest BCUT2D eigenvalue weighted by Crippen LogP contribution is -2.36. The van der Waals surface area contributed by atoms with E-state index in [0.29, 0.717) is 17.3 Å². The van der Waals surface area contributed by atoms with Crippen molar-refractivity contribution in [2.45, 2.75) is 19.4 Å². The normalized spacial score (nSPS) is 14.3. The molecular formula is C12H19N5O3S. The summed E-state index contributed by atoms with van der Waals surface area (Å²) < 4.78 is 13.4. The van der Waals surface area contributed by atoms with E-state index in [1.165, 1.54) is 11.6 Å². The van der Waals surface area contributed by atoms with Crippen LogP contribution in [0.4, 0.5) is 5.95 Å². The molecule has 2 unspecified atom stereocenters. The van der Waals surface area contributed by atoms with Crippen LogP contribution in [0.5, 0.6) is 0 Å². The number of fused-ring (bicyclic) bond motifs is 1. The van der Waals surface area contributed by atoms with Gasteiger partial charge in [-0.25, -0.2) is 4.79 Å². The second-order valence-electron chi connectivity index (χ2n) is 5.10. The maximum absolute atomic E-state index is 12.0. The van der Waals surface area contributed by atoms with Crippen molar-refractivity contribution in [3.8, 4) is 0 Å². The molecule has 0 aliphatic rings. The van der Waals surface area contributed by atoms with E-state index in [0.717, 1.165) is 11.0 Å². The van der Waals surface area contributed by atoms with Crippen molar-refractivity contribution in [1.82, 2.24) is 19.1 Å². The Morgan fingerprint density at radius 1 is 1.33 bits per heavy atom. The molecule has 0 radical (unpaired) electrons. The summed E-state index contributed by atoms with van der Waals surface area (Å²) in [6.45, 7) is 1.94. The van der Waals surface area contributed by atoms with E-state index in [4.69, 9.17) is 0 Å². The van der Waals surface area contributed by atoms with Crippen molar-refractivity contribution >= 4 is 27.9 Å². The topological polar surface area (TPSA) is 102 Å². The third kappa shape index (κ3) is 3.07. The molecule has 0 aliphatic carbocycles. The Hall–Kier alpha value is -1.90. The molecule has 0 saturated heterocycles. The van der Waals surface area contributed by atoms with Crippen molar-refractivity contribution < 1.29 is 4.21 Å². The van der Waals surface area contributed by atoms with Crippen LogP contribution in [-0.2, 0) is 24.9 Å². The lowest BCUT2D eigenvalue weighted by Gasteiger charge is -2.11. The monoisotopic (exact) mass is 313 g/mol. The van der Waals surface area contributed by atoms with E-state index in [9.17, 15) is 13.8 Å². The predicted octanol–water partition coefficient (Wildman–Crippen LogP) is -0.471. The van der Waals surface area contributed by atoms with Crippen molar-refractivity contribution in [2.75, 3.05) is 17.3 Å². The van der Waals surface area contributed by atoms with Crippen LogP contribution < -0.4 is 16.6 Å². The summed E-state index contributed by atoms with van der Waals surface area (Å²) in [7, 11) is 2.15. The fraction of sp³-hybridized carbons (Fsp3) is 0.583. The third-order valence-electron chi connectivity index (χ3n) is 3.32. The molecule has 2 atom stereocenters. The van der Waals surface area contributed by atoms with E-state index in [2.05, 4.69) is 15.3 Å². The van der Waals surface area contributed by atoms with Gasteiger partial charge in [0.05, 0.1) is 0 Å². The standard InChI is InChI=1S/C12H19N5O3S/c1-7(5-6-21(4)20)13-11-14-8-9(15-11)16(2)12(19)17(3)10(8)18/h7H,5-6H2,1-4H3,(H2,13,14,15). The van der Waals surface area contributed by atoms with Gasteiger partial charge in [0.25, 0.3) is 5.56 Å². The van der Waals surface area contributed by atoms with E-state index >= 15 is 0 Å². The number of aromatic amines is 1. The number of nitrogens with zero attached hydrogens (tertiary/aromatic N) is 3. The second-order valence-corrected chi connectivity index (χ2v) is 6.66. The van der Waals surface area contributed by atoms with E-state index in [-0.39, 0.29) is 11.6 Å². The molecule has 8 nitrogen and oxygen atoms in total. The number of imidazole rings is 1. The second kappa shape index (κ2) is 5.84. The molecule has 2 rings (SSSR count). The number of hydrogen-bond donors (Lipinski definition) is 2. The highest BCUT2D eigenvalue weighted by molar-refractivity contribution is 7.84. The number of anilines is 1. The Morgan fingerprint density at radius 2 is 2.00 bits per heavy atom. The van der Waals surface area contributed by atoms with Gasteiger partial charge in [0, 0.05) is 42.9 Å². The zero-order valence-electron chi connectivity index (χ0n) is 12.5. The number of aryl methyl sites for hydroxylation is 1. The highest BCUT2D eigenvalue weighted by atomic mass is 32.2. The minimum Gasteiger partial charge on any atom is -0.353 e. The van der Waals surface area contributed by atoms with Crippen LogP contribution >= 0.6 is 0 Å². The summed E-state index contributed by atoms with van der Waals surface area (Å²) in [4.78, 5) is 31.0. The molecule has 0 amide bonds. The van der Waals surface area contributed by atoms with Crippen LogP contribution in [0.15, 0.2) is 9.59 Å². The first-order chi connectivity index (χ1) is 9.81. The molecule has 116 valence electrons. The van der Waals surface area contributed by atoms with Gasteiger partial charge in [-0.05, 0) is 13.3 Å². The van der Waals surface area contributed by atoms with Crippen molar-refractivity contribution in [1.29, 1.82) is 0 Å². The zero-order valence-corrected chi connectivity index (χ0v) is 13.3. The molecule has 9 heteroatoms. The first kappa shape index (κ1) is 15.5. The summed E-state index contributed by atoms with van der Waals surface area (Å²) in [6, 6.07) is 0.0512. The maximum Gasteiger partial charge on any atom is 0.332 e. The predicted molar refractivity (Wildman–Crippen MR) is 83.2 cm³/mol. The highest BCUT2D eigenvalue weighted by Crippen LogP contribution is 2.10. The minimum atomic E-state index is -0.842. The summed E-state index contributed by atoms with van der Waals surface area (Å²) in [5, 5.41) is 3.12. The Morgan fingerprint density at radius 3 is 2.62 bits per heavy atom. The third-order valence-corrected chi connectivity index (χ3v) is 4.13. The molecular weight excluding hydrogens is 294 g/mol.